The summed E-state index contributed by atoms with van der Waals surface area (Å²) in [5.74, 6) is -0.394. The number of nitrogens with one attached hydrogen (secondary N) is 2. The van der Waals surface area contributed by atoms with E-state index < -0.39 is 10.0 Å². The molecule has 1 aromatic carbocycles. The van der Waals surface area contributed by atoms with Gasteiger partial charge < -0.3 is 9.72 Å². The molecular formula is C20H18N6O3S. The first-order chi connectivity index (χ1) is 14.3. The molecule has 1 amide bonds. The number of fused-ring (bicyclic) bond motifs is 1. The third kappa shape index (κ3) is 3.98. The molecule has 152 valence electrons. The molecule has 0 spiro atoms. The number of pyridine rings is 1. The van der Waals surface area contributed by atoms with Crippen molar-refractivity contribution >= 4 is 33.2 Å². The Balaban J connectivity index is 1.50. The van der Waals surface area contributed by atoms with Crippen LogP contribution < -0.4 is 10.0 Å². The van der Waals surface area contributed by atoms with Crippen molar-refractivity contribution in [3.63, 3.8) is 0 Å². The van der Waals surface area contributed by atoms with Crippen LogP contribution in [-0.4, -0.2) is 33.7 Å². The number of anilines is 2. The summed E-state index contributed by atoms with van der Waals surface area (Å²) in [5, 5.41) is 2.72. The Labute approximate surface area is 172 Å². The molecule has 2 N–H and O–H groups in total. The molecule has 0 aliphatic heterocycles. The van der Waals surface area contributed by atoms with Gasteiger partial charge >= 0.3 is 0 Å². The average Bonchev–Trinajstić information content (AvgIpc) is 3.14. The van der Waals surface area contributed by atoms with E-state index in [9.17, 15) is 13.2 Å². The summed E-state index contributed by atoms with van der Waals surface area (Å²) in [4.78, 5) is 24.8. The average molecular weight is 422 g/mol. The van der Waals surface area contributed by atoms with E-state index in [0.29, 0.717) is 17.0 Å². The summed E-state index contributed by atoms with van der Waals surface area (Å²) < 4.78 is 29.2. The second-order valence-electron chi connectivity index (χ2n) is 6.63. The number of carbonyl (C=O) groups excluding carboxylic acids is 1. The number of amides is 1. The van der Waals surface area contributed by atoms with E-state index in [2.05, 4.69) is 25.0 Å². The van der Waals surface area contributed by atoms with Gasteiger partial charge in [0.15, 0.2) is 0 Å². The van der Waals surface area contributed by atoms with Crippen LogP contribution >= 0.6 is 0 Å². The molecule has 0 fully saturated rings. The highest BCUT2D eigenvalue weighted by atomic mass is 32.2. The fourth-order valence-electron chi connectivity index (χ4n) is 2.85. The zero-order valence-corrected chi connectivity index (χ0v) is 17.0. The highest BCUT2D eigenvalue weighted by Crippen LogP contribution is 2.17. The van der Waals surface area contributed by atoms with Gasteiger partial charge in [-0.25, -0.2) is 28.1 Å². The van der Waals surface area contributed by atoms with Gasteiger partial charge in [0.1, 0.15) is 11.3 Å². The van der Waals surface area contributed by atoms with Crippen LogP contribution in [0.5, 0.6) is 0 Å². The second-order valence-corrected chi connectivity index (χ2v) is 8.31. The molecule has 3 aromatic heterocycles. The van der Waals surface area contributed by atoms with Crippen molar-refractivity contribution in [1.29, 1.82) is 0 Å². The van der Waals surface area contributed by atoms with Crippen molar-refractivity contribution < 1.29 is 13.2 Å². The third-order valence-electron chi connectivity index (χ3n) is 4.37. The predicted molar refractivity (Wildman–Crippen MR) is 112 cm³/mol. The molecule has 0 bridgehead atoms. The summed E-state index contributed by atoms with van der Waals surface area (Å²) in [5.41, 5.74) is 2.98. The topological polar surface area (TPSA) is 118 Å². The minimum absolute atomic E-state index is 0.00507. The van der Waals surface area contributed by atoms with E-state index >= 15 is 0 Å². The van der Waals surface area contributed by atoms with Crippen molar-refractivity contribution in [1.82, 2.24) is 19.4 Å². The number of imidazole rings is 1. The first-order valence-corrected chi connectivity index (χ1v) is 10.5. The lowest BCUT2D eigenvalue weighted by Gasteiger charge is -2.08. The van der Waals surface area contributed by atoms with E-state index in [0.717, 1.165) is 5.69 Å². The Hall–Kier alpha value is -3.79. The third-order valence-corrected chi connectivity index (χ3v) is 5.72. The highest BCUT2D eigenvalue weighted by Gasteiger charge is 2.17. The van der Waals surface area contributed by atoms with Crippen molar-refractivity contribution in [3.8, 4) is 0 Å². The van der Waals surface area contributed by atoms with Crippen LogP contribution in [0.15, 0.2) is 65.8 Å². The van der Waals surface area contributed by atoms with E-state index in [1.54, 1.807) is 19.2 Å². The fourth-order valence-corrected chi connectivity index (χ4v) is 3.80. The molecule has 3 heterocycles. The summed E-state index contributed by atoms with van der Waals surface area (Å²) in [6, 6.07) is 13.1. The van der Waals surface area contributed by atoms with Crippen molar-refractivity contribution in [3.05, 3.63) is 78.0 Å². The van der Waals surface area contributed by atoms with E-state index in [1.807, 2.05) is 29.5 Å². The van der Waals surface area contributed by atoms with Crippen LogP contribution in [0.25, 0.3) is 5.65 Å². The largest absolute Gasteiger partial charge is 0.321 e. The molecule has 0 saturated carbocycles. The molecule has 0 aliphatic rings. The van der Waals surface area contributed by atoms with Gasteiger partial charge in [-0.15, -0.1) is 0 Å². The van der Waals surface area contributed by atoms with Crippen LogP contribution in [0.3, 0.4) is 0 Å². The molecule has 9 nitrogen and oxygen atoms in total. The van der Waals surface area contributed by atoms with Gasteiger partial charge in [0, 0.05) is 29.5 Å². The molecule has 0 aliphatic carbocycles. The Kier molecular flexibility index (Phi) is 4.92. The number of nitrogens with zero attached hydrogens (tertiary/aromatic N) is 4. The maximum Gasteiger partial charge on any atom is 0.275 e. The monoisotopic (exact) mass is 422 g/mol. The second kappa shape index (κ2) is 7.56. The van der Waals surface area contributed by atoms with Crippen LogP contribution in [0.1, 0.15) is 21.9 Å². The van der Waals surface area contributed by atoms with Crippen LogP contribution in [0.2, 0.25) is 0 Å². The molecule has 0 unspecified atom stereocenters. The maximum absolute atomic E-state index is 12.5. The van der Waals surface area contributed by atoms with Gasteiger partial charge in [-0.05, 0) is 56.3 Å². The first-order valence-electron chi connectivity index (χ1n) is 9.00. The minimum atomic E-state index is -3.85. The van der Waals surface area contributed by atoms with Crippen molar-refractivity contribution in [2.24, 2.45) is 0 Å². The van der Waals surface area contributed by atoms with Gasteiger partial charge in [-0.1, -0.05) is 6.07 Å². The number of hydrogen-bond acceptors (Lipinski definition) is 6. The molecule has 30 heavy (non-hydrogen) atoms. The number of aromatic nitrogens is 4. The zero-order chi connectivity index (χ0) is 21.3. The van der Waals surface area contributed by atoms with Gasteiger partial charge in [-0.3, -0.25) is 4.79 Å². The minimum Gasteiger partial charge on any atom is -0.321 e. The van der Waals surface area contributed by atoms with Crippen LogP contribution in [-0.2, 0) is 10.0 Å². The number of aryl methyl sites for hydroxylation is 2. The lowest BCUT2D eigenvalue weighted by atomic mass is 10.3. The Morgan fingerprint density at radius 2 is 1.77 bits per heavy atom. The molecule has 4 aromatic rings. The molecule has 0 saturated heterocycles. The Morgan fingerprint density at radius 3 is 2.47 bits per heavy atom. The van der Waals surface area contributed by atoms with E-state index in [4.69, 9.17) is 0 Å². The summed E-state index contributed by atoms with van der Waals surface area (Å²) in [6.07, 6.45) is 3.13. The number of hydrogen-bond donors (Lipinski definition) is 2. The van der Waals surface area contributed by atoms with Crippen LogP contribution in [0.4, 0.5) is 11.6 Å². The van der Waals surface area contributed by atoms with E-state index in [-0.39, 0.29) is 22.4 Å². The van der Waals surface area contributed by atoms with E-state index in [1.165, 1.54) is 30.5 Å². The molecule has 10 heteroatoms. The highest BCUT2D eigenvalue weighted by molar-refractivity contribution is 7.92. The molecule has 4 rings (SSSR count). The van der Waals surface area contributed by atoms with Crippen molar-refractivity contribution in [2.45, 2.75) is 18.7 Å². The molecule has 0 atom stereocenters. The van der Waals surface area contributed by atoms with Gasteiger partial charge in [0.05, 0.1) is 4.90 Å². The van der Waals surface area contributed by atoms with Gasteiger partial charge in [0.25, 0.3) is 15.9 Å². The fraction of sp³-hybridized carbons (Fsp3) is 0.100. The lowest BCUT2D eigenvalue weighted by molar-refractivity contribution is 0.102. The zero-order valence-electron chi connectivity index (χ0n) is 16.2. The Bertz CT molecular complexity index is 1350. The number of carbonyl (C=O) groups is 1. The van der Waals surface area contributed by atoms with Crippen molar-refractivity contribution in [2.75, 3.05) is 10.0 Å². The van der Waals surface area contributed by atoms with Gasteiger partial charge in [0.2, 0.25) is 5.95 Å². The SMILES string of the molecule is Cc1ccnc(NS(=O)(=O)c2ccc(NC(=O)c3cn4c(C)cccc4n3)cc2)n1. The smallest absolute Gasteiger partial charge is 0.275 e. The first kappa shape index (κ1) is 19.5. The quantitative estimate of drug-likeness (QED) is 0.511. The Morgan fingerprint density at radius 1 is 1.00 bits per heavy atom. The van der Waals surface area contributed by atoms with Gasteiger partial charge in [-0.2, -0.15) is 0 Å². The number of benzene rings is 1. The summed E-state index contributed by atoms with van der Waals surface area (Å²) >= 11 is 0. The number of rotatable bonds is 5. The molecule has 0 radical (unpaired) electrons. The maximum atomic E-state index is 12.5. The lowest BCUT2D eigenvalue weighted by Crippen LogP contribution is -2.16. The van der Waals surface area contributed by atoms with Crippen LogP contribution in [0, 0.1) is 13.8 Å². The normalized spacial score (nSPS) is 11.4. The number of sulfonamides is 1. The molecular weight excluding hydrogens is 404 g/mol. The standard InChI is InChI=1S/C20H18N6O3S/c1-13-10-11-21-20(22-13)25-30(28,29)16-8-6-15(7-9-16)23-19(27)17-12-26-14(2)4-3-5-18(26)24-17/h3-12H,1-2H3,(H,23,27)(H,21,22,25). The summed E-state index contributed by atoms with van der Waals surface area (Å²) in [6.45, 7) is 3.66. The predicted octanol–water partition coefficient (Wildman–Crippen LogP) is 2.79. The summed E-state index contributed by atoms with van der Waals surface area (Å²) in [7, 11) is -3.85.